The van der Waals surface area contributed by atoms with Crippen molar-refractivity contribution in [2.45, 2.75) is 13.1 Å². The van der Waals surface area contributed by atoms with Gasteiger partial charge in [0.25, 0.3) is 5.69 Å². The van der Waals surface area contributed by atoms with E-state index in [1.807, 2.05) is 0 Å². The van der Waals surface area contributed by atoms with Gasteiger partial charge in [0, 0.05) is 18.3 Å². The van der Waals surface area contributed by atoms with Gasteiger partial charge >= 0.3 is 6.18 Å². The molecule has 5 nitrogen and oxygen atoms in total. The van der Waals surface area contributed by atoms with Crippen LogP contribution in [0, 0.1) is 10.1 Å². The van der Waals surface area contributed by atoms with Crippen molar-refractivity contribution in [3.63, 3.8) is 0 Å². The van der Waals surface area contributed by atoms with Gasteiger partial charge in [-0.25, -0.2) is 0 Å². The second-order valence-electron chi connectivity index (χ2n) is 4.42. The van der Waals surface area contributed by atoms with Crippen LogP contribution in [0.4, 0.5) is 24.5 Å². The van der Waals surface area contributed by atoms with Gasteiger partial charge in [-0.3, -0.25) is 10.1 Å². The Morgan fingerprint density at radius 2 is 2.14 bits per heavy atom. The lowest BCUT2D eigenvalue weighted by atomic mass is 10.1. The van der Waals surface area contributed by atoms with Crippen molar-refractivity contribution in [3.8, 4) is 0 Å². The first-order valence-corrected chi connectivity index (χ1v) is 6.03. The summed E-state index contributed by atoms with van der Waals surface area (Å²) in [5.41, 5.74) is -1.26. The summed E-state index contributed by atoms with van der Waals surface area (Å²) in [5, 5.41) is 13.3. The Labute approximate surface area is 119 Å². The average Bonchev–Trinajstić information content (AvgIpc) is 2.36. The molecule has 0 aliphatic carbocycles. The molecule has 0 unspecified atom stereocenters. The number of nitro benzene ring substituents is 1. The zero-order chi connectivity index (χ0) is 16.0. The first-order chi connectivity index (χ1) is 9.71. The maximum absolute atomic E-state index is 12.8. The quantitative estimate of drug-likeness (QED) is 0.362. The lowest BCUT2D eigenvalue weighted by Gasteiger charge is -2.11. The number of nitro groups is 1. The molecule has 0 radical (unpaired) electrons. The lowest BCUT2D eigenvalue weighted by Crippen LogP contribution is -2.13. The monoisotopic (exact) mass is 304 g/mol. The minimum Gasteiger partial charge on any atom is -0.383 e. The molecule has 0 atom stereocenters. The summed E-state index contributed by atoms with van der Waals surface area (Å²) in [5.74, 6) is 0. The minimum atomic E-state index is -4.78. The molecule has 1 aromatic carbocycles. The number of halogens is 3. The van der Waals surface area contributed by atoms with E-state index in [4.69, 9.17) is 4.74 Å². The van der Waals surface area contributed by atoms with Crippen LogP contribution in [0.1, 0.15) is 12.5 Å². The molecule has 0 saturated carbocycles. The third-order valence-corrected chi connectivity index (χ3v) is 2.42. The predicted molar refractivity (Wildman–Crippen MR) is 72.2 cm³/mol. The van der Waals surface area contributed by atoms with Gasteiger partial charge in [0.2, 0.25) is 0 Å². The maximum Gasteiger partial charge on any atom is 0.423 e. The number of rotatable bonds is 7. The summed E-state index contributed by atoms with van der Waals surface area (Å²) >= 11 is 0. The summed E-state index contributed by atoms with van der Waals surface area (Å²) in [7, 11) is 0. The summed E-state index contributed by atoms with van der Waals surface area (Å²) in [6.45, 7) is 6.37. The maximum atomic E-state index is 12.8. The highest BCUT2D eigenvalue weighted by Gasteiger charge is 2.38. The third-order valence-electron chi connectivity index (χ3n) is 2.42. The van der Waals surface area contributed by atoms with Crippen LogP contribution < -0.4 is 5.32 Å². The second kappa shape index (κ2) is 7.07. The van der Waals surface area contributed by atoms with Crippen LogP contribution in [-0.2, 0) is 10.9 Å². The molecule has 21 heavy (non-hydrogen) atoms. The van der Waals surface area contributed by atoms with Gasteiger partial charge in [-0.15, -0.1) is 0 Å². The van der Waals surface area contributed by atoms with Gasteiger partial charge in [0.05, 0.1) is 18.1 Å². The zero-order valence-electron chi connectivity index (χ0n) is 11.4. The Morgan fingerprint density at radius 3 is 2.67 bits per heavy atom. The molecule has 1 N–H and O–H groups in total. The summed E-state index contributed by atoms with van der Waals surface area (Å²) in [6, 6.07) is 2.78. The highest BCUT2D eigenvalue weighted by Crippen LogP contribution is 2.37. The second-order valence-corrected chi connectivity index (χ2v) is 4.42. The fourth-order valence-corrected chi connectivity index (χ4v) is 1.55. The molecule has 0 aromatic heterocycles. The van der Waals surface area contributed by atoms with Crippen molar-refractivity contribution >= 4 is 11.4 Å². The predicted octanol–water partition coefficient (Wildman–Crippen LogP) is 3.62. The van der Waals surface area contributed by atoms with E-state index >= 15 is 0 Å². The van der Waals surface area contributed by atoms with Gasteiger partial charge in [0.1, 0.15) is 5.56 Å². The lowest BCUT2D eigenvalue weighted by molar-refractivity contribution is -0.388. The molecule has 0 amide bonds. The number of hydrogen-bond donors (Lipinski definition) is 1. The van der Waals surface area contributed by atoms with Crippen LogP contribution >= 0.6 is 0 Å². The molecule has 0 spiro atoms. The van der Waals surface area contributed by atoms with Gasteiger partial charge in [0.15, 0.2) is 0 Å². The molecule has 0 saturated heterocycles. The van der Waals surface area contributed by atoms with E-state index in [-0.39, 0.29) is 18.8 Å². The summed E-state index contributed by atoms with van der Waals surface area (Å²) in [6.07, 6.45) is -4.78. The highest BCUT2D eigenvalue weighted by atomic mass is 19.4. The Morgan fingerprint density at radius 1 is 1.48 bits per heavy atom. The van der Waals surface area contributed by atoms with Crippen LogP contribution in [0.5, 0.6) is 0 Å². The van der Waals surface area contributed by atoms with E-state index < -0.39 is 22.4 Å². The van der Waals surface area contributed by atoms with Crippen molar-refractivity contribution < 1.29 is 22.8 Å². The third kappa shape index (κ3) is 5.42. The summed E-state index contributed by atoms with van der Waals surface area (Å²) < 4.78 is 43.4. The van der Waals surface area contributed by atoms with Crippen LogP contribution in [0.25, 0.3) is 0 Å². The van der Waals surface area contributed by atoms with Crippen molar-refractivity contribution in [3.05, 3.63) is 46.0 Å². The van der Waals surface area contributed by atoms with Crippen LogP contribution in [-0.4, -0.2) is 24.7 Å². The topological polar surface area (TPSA) is 64.4 Å². The number of benzene rings is 1. The van der Waals surface area contributed by atoms with Crippen LogP contribution in [0.3, 0.4) is 0 Å². The van der Waals surface area contributed by atoms with E-state index in [1.54, 1.807) is 6.92 Å². The number of hydrogen-bond acceptors (Lipinski definition) is 4. The highest BCUT2D eigenvalue weighted by molar-refractivity contribution is 5.55. The smallest absolute Gasteiger partial charge is 0.383 e. The van der Waals surface area contributed by atoms with Crippen molar-refractivity contribution in [2.24, 2.45) is 0 Å². The standard InChI is InChI=1S/C13H15F3N2O3/c1-9(2)8-21-6-5-17-10-3-4-12(18(19)20)11(7-10)13(14,15)16/h3-4,7,17H,1,5-6,8H2,2H3. The largest absolute Gasteiger partial charge is 0.423 e. The molecule has 0 fully saturated rings. The molecule has 0 bridgehead atoms. The molecule has 8 heteroatoms. The molecule has 116 valence electrons. The van der Waals surface area contributed by atoms with E-state index in [0.29, 0.717) is 6.61 Å². The fourth-order valence-electron chi connectivity index (χ4n) is 1.55. The number of nitrogens with zero attached hydrogens (tertiary/aromatic N) is 1. The minimum absolute atomic E-state index is 0.145. The van der Waals surface area contributed by atoms with Crippen molar-refractivity contribution in [2.75, 3.05) is 25.1 Å². The van der Waals surface area contributed by atoms with Gasteiger partial charge < -0.3 is 10.1 Å². The van der Waals surface area contributed by atoms with E-state index in [0.717, 1.165) is 17.7 Å². The molecule has 1 rings (SSSR count). The number of anilines is 1. The first-order valence-electron chi connectivity index (χ1n) is 6.03. The van der Waals surface area contributed by atoms with Crippen LogP contribution in [0.15, 0.2) is 30.4 Å². The van der Waals surface area contributed by atoms with Crippen LogP contribution in [0.2, 0.25) is 0 Å². The SMILES string of the molecule is C=C(C)COCCNc1ccc([N+](=O)[O-])c(C(F)(F)F)c1. The molecular formula is C13H15F3N2O3. The van der Waals surface area contributed by atoms with Gasteiger partial charge in [-0.05, 0) is 19.1 Å². The molecular weight excluding hydrogens is 289 g/mol. The molecule has 1 aromatic rings. The summed E-state index contributed by atoms with van der Waals surface area (Å²) in [4.78, 5) is 9.55. The van der Waals surface area contributed by atoms with E-state index in [2.05, 4.69) is 11.9 Å². The number of alkyl halides is 3. The fraction of sp³-hybridized carbons (Fsp3) is 0.385. The van der Waals surface area contributed by atoms with E-state index in [1.165, 1.54) is 6.07 Å². The average molecular weight is 304 g/mol. The Balaban J connectivity index is 2.73. The normalized spacial score (nSPS) is 11.2. The molecule has 0 aliphatic rings. The van der Waals surface area contributed by atoms with Gasteiger partial charge in [-0.1, -0.05) is 12.2 Å². The number of nitrogens with one attached hydrogen (secondary N) is 1. The Bertz CT molecular complexity index is 530. The van der Waals surface area contributed by atoms with Crippen molar-refractivity contribution in [1.29, 1.82) is 0 Å². The van der Waals surface area contributed by atoms with Gasteiger partial charge in [-0.2, -0.15) is 13.2 Å². The molecule has 0 aliphatic heterocycles. The molecule has 0 heterocycles. The van der Waals surface area contributed by atoms with Crippen molar-refractivity contribution in [1.82, 2.24) is 0 Å². The zero-order valence-corrected chi connectivity index (χ0v) is 11.4. The van der Waals surface area contributed by atoms with E-state index in [9.17, 15) is 23.3 Å². The Kier molecular flexibility index (Phi) is 5.71. The Hall–Kier alpha value is -2.09. The first kappa shape index (κ1) is 17.0. The number of ether oxygens (including phenoxy) is 1.